The second-order valence-electron chi connectivity index (χ2n) is 7.98. The summed E-state index contributed by atoms with van der Waals surface area (Å²) in [6.07, 6.45) is -2.72. The van der Waals surface area contributed by atoms with E-state index in [4.69, 9.17) is 27.9 Å². The first-order chi connectivity index (χ1) is 15.2. The van der Waals surface area contributed by atoms with Crippen LogP contribution in [0.5, 0.6) is 0 Å². The number of nitrogens with zero attached hydrogens (tertiary/aromatic N) is 3. The van der Waals surface area contributed by atoms with Crippen LogP contribution >= 0.6 is 23.2 Å². The summed E-state index contributed by atoms with van der Waals surface area (Å²) in [6, 6.07) is 8.31. The van der Waals surface area contributed by atoms with Crippen LogP contribution in [0, 0.1) is 5.92 Å². The average Bonchev–Trinajstić information content (AvgIpc) is 2.79. The number of rotatable bonds is 3. The number of aromatic nitrogens is 1. The Morgan fingerprint density at radius 2 is 1.78 bits per heavy atom. The van der Waals surface area contributed by atoms with Crippen LogP contribution in [0.3, 0.4) is 0 Å². The van der Waals surface area contributed by atoms with E-state index in [2.05, 4.69) is 4.98 Å². The van der Waals surface area contributed by atoms with Crippen molar-refractivity contribution in [2.45, 2.75) is 25.1 Å². The summed E-state index contributed by atoms with van der Waals surface area (Å²) in [5.41, 5.74) is 0.101. The normalized spacial score (nSPS) is 20.5. The molecule has 0 aliphatic carbocycles. The highest BCUT2D eigenvalue weighted by Crippen LogP contribution is 2.35. The maximum absolute atomic E-state index is 13.1. The maximum atomic E-state index is 13.1. The van der Waals surface area contributed by atoms with Crippen molar-refractivity contribution in [3.63, 3.8) is 0 Å². The van der Waals surface area contributed by atoms with Crippen molar-refractivity contribution >= 4 is 34.9 Å². The van der Waals surface area contributed by atoms with Gasteiger partial charge in [0.25, 0.3) is 0 Å². The van der Waals surface area contributed by atoms with E-state index in [-0.39, 0.29) is 23.0 Å². The van der Waals surface area contributed by atoms with Gasteiger partial charge in [0.1, 0.15) is 11.9 Å². The molecule has 1 amide bonds. The number of piperidine rings is 1. The van der Waals surface area contributed by atoms with E-state index >= 15 is 0 Å². The standard InChI is InChI=1S/C22H22Cl2F3N3O2/c23-17-3-1-14(2-4-17)19-13-30(9-10-32-19)21(31)15-5-7-29(8-6-15)20-18(24)11-16(12-28-20)22(25,26)27/h1-4,11-12,15,19H,5-10,13H2. The monoisotopic (exact) mass is 487 g/mol. The molecule has 1 aromatic heterocycles. The molecule has 1 atom stereocenters. The fraction of sp³-hybridized carbons (Fsp3) is 0.455. The lowest BCUT2D eigenvalue weighted by molar-refractivity contribution is -0.144. The Hall–Kier alpha value is -2.03. The largest absolute Gasteiger partial charge is 0.417 e. The molecular weight excluding hydrogens is 466 g/mol. The van der Waals surface area contributed by atoms with Gasteiger partial charge in [-0.1, -0.05) is 35.3 Å². The molecule has 3 heterocycles. The van der Waals surface area contributed by atoms with Gasteiger partial charge in [-0.3, -0.25) is 4.79 Å². The van der Waals surface area contributed by atoms with E-state index in [1.165, 1.54) is 0 Å². The minimum absolute atomic E-state index is 0.0383. The zero-order valence-corrected chi connectivity index (χ0v) is 18.6. The van der Waals surface area contributed by atoms with Crippen LogP contribution in [0.15, 0.2) is 36.5 Å². The smallest absolute Gasteiger partial charge is 0.370 e. The molecule has 2 fully saturated rings. The number of carbonyl (C=O) groups excluding carboxylic acids is 1. The molecule has 2 aliphatic rings. The quantitative estimate of drug-likeness (QED) is 0.594. The minimum Gasteiger partial charge on any atom is -0.370 e. The summed E-state index contributed by atoms with van der Waals surface area (Å²) < 4.78 is 44.4. The van der Waals surface area contributed by atoms with Gasteiger partial charge in [0.05, 0.1) is 23.7 Å². The number of ether oxygens (including phenoxy) is 1. The van der Waals surface area contributed by atoms with Gasteiger partial charge in [-0.15, -0.1) is 0 Å². The zero-order valence-electron chi connectivity index (χ0n) is 17.1. The predicted octanol–water partition coefficient (Wildman–Crippen LogP) is 5.22. The van der Waals surface area contributed by atoms with Gasteiger partial charge < -0.3 is 14.5 Å². The fourth-order valence-electron chi connectivity index (χ4n) is 4.14. The van der Waals surface area contributed by atoms with Crippen LogP contribution in [0.1, 0.15) is 30.1 Å². The van der Waals surface area contributed by atoms with Crippen molar-refractivity contribution in [2.75, 3.05) is 37.7 Å². The number of anilines is 1. The van der Waals surface area contributed by atoms with Crippen molar-refractivity contribution < 1.29 is 22.7 Å². The molecule has 1 aromatic carbocycles. The molecule has 0 N–H and O–H groups in total. The number of morpholine rings is 1. The molecule has 0 radical (unpaired) electrons. The van der Waals surface area contributed by atoms with Crippen LogP contribution in [0.25, 0.3) is 0 Å². The highest BCUT2D eigenvalue weighted by atomic mass is 35.5. The molecule has 4 rings (SSSR count). The van der Waals surface area contributed by atoms with E-state index in [0.717, 1.165) is 17.8 Å². The summed E-state index contributed by atoms with van der Waals surface area (Å²) in [5.74, 6) is 0.251. The molecule has 2 aromatic rings. The molecule has 0 bridgehead atoms. The Labute approximate surface area is 194 Å². The average molecular weight is 488 g/mol. The number of alkyl halides is 3. The van der Waals surface area contributed by atoms with Crippen LogP contribution in [-0.2, 0) is 15.7 Å². The van der Waals surface area contributed by atoms with Gasteiger partial charge in [-0.2, -0.15) is 13.2 Å². The Morgan fingerprint density at radius 3 is 2.41 bits per heavy atom. The molecule has 0 saturated carbocycles. The molecule has 2 saturated heterocycles. The lowest BCUT2D eigenvalue weighted by Crippen LogP contribution is -2.47. The Morgan fingerprint density at radius 1 is 1.09 bits per heavy atom. The molecule has 172 valence electrons. The summed E-state index contributed by atoms with van der Waals surface area (Å²) in [6.45, 7) is 2.48. The Balaban J connectivity index is 1.36. The number of amides is 1. The topological polar surface area (TPSA) is 45.7 Å². The predicted molar refractivity (Wildman–Crippen MR) is 116 cm³/mol. The van der Waals surface area contributed by atoms with Crippen molar-refractivity contribution in [2.24, 2.45) is 5.92 Å². The molecule has 1 unspecified atom stereocenters. The highest BCUT2D eigenvalue weighted by Gasteiger charge is 2.34. The first kappa shape index (κ1) is 23.1. The van der Waals surface area contributed by atoms with E-state index in [9.17, 15) is 18.0 Å². The molecule has 0 spiro atoms. The van der Waals surface area contributed by atoms with Crippen molar-refractivity contribution in [1.29, 1.82) is 0 Å². The maximum Gasteiger partial charge on any atom is 0.417 e. The van der Waals surface area contributed by atoms with E-state index in [1.807, 2.05) is 21.9 Å². The Kier molecular flexibility index (Phi) is 6.83. The number of carbonyl (C=O) groups is 1. The first-order valence-corrected chi connectivity index (χ1v) is 11.1. The van der Waals surface area contributed by atoms with Crippen LogP contribution in [0.4, 0.5) is 19.0 Å². The second-order valence-corrected chi connectivity index (χ2v) is 8.83. The summed E-state index contributed by atoms with van der Waals surface area (Å²) in [5, 5.41) is 0.607. The first-order valence-electron chi connectivity index (χ1n) is 10.4. The number of benzene rings is 1. The minimum atomic E-state index is -4.49. The number of hydrogen-bond donors (Lipinski definition) is 0. The van der Waals surface area contributed by atoms with E-state index < -0.39 is 11.7 Å². The van der Waals surface area contributed by atoms with Gasteiger partial charge >= 0.3 is 6.18 Å². The third-order valence-corrected chi connectivity index (χ3v) is 6.44. The zero-order chi connectivity index (χ0) is 22.9. The second kappa shape index (κ2) is 9.45. The third kappa shape index (κ3) is 5.13. The lowest BCUT2D eigenvalue weighted by atomic mass is 9.94. The molecule has 2 aliphatic heterocycles. The summed E-state index contributed by atoms with van der Waals surface area (Å²) in [7, 11) is 0. The van der Waals surface area contributed by atoms with Gasteiger partial charge in [-0.05, 0) is 36.6 Å². The number of halogens is 5. The molecule has 32 heavy (non-hydrogen) atoms. The van der Waals surface area contributed by atoms with Crippen LogP contribution in [0.2, 0.25) is 10.0 Å². The Bertz CT molecular complexity index is 964. The highest BCUT2D eigenvalue weighted by molar-refractivity contribution is 6.33. The van der Waals surface area contributed by atoms with E-state index in [1.54, 1.807) is 12.1 Å². The summed E-state index contributed by atoms with van der Waals surface area (Å²) >= 11 is 12.0. The third-order valence-electron chi connectivity index (χ3n) is 5.91. The lowest BCUT2D eigenvalue weighted by Gasteiger charge is -2.38. The fourth-order valence-corrected chi connectivity index (χ4v) is 4.56. The van der Waals surface area contributed by atoms with E-state index in [0.29, 0.717) is 56.5 Å². The van der Waals surface area contributed by atoms with Gasteiger partial charge in [0.2, 0.25) is 5.91 Å². The van der Waals surface area contributed by atoms with Crippen LogP contribution in [-0.4, -0.2) is 48.6 Å². The SMILES string of the molecule is O=C(C1CCN(c2ncc(C(F)(F)F)cc2Cl)CC1)N1CCOC(c2ccc(Cl)cc2)C1. The number of hydrogen-bond acceptors (Lipinski definition) is 4. The number of pyridine rings is 1. The van der Waals surface area contributed by atoms with Gasteiger partial charge in [0, 0.05) is 36.8 Å². The molecular formula is C22H22Cl2F3N3O2. The van der Waals surface area contributed by atoms with Crippen molar-refractivity contribution in [3.05, 3.63) is 57.7 Å². The van der Waals surface area contributed by atoms with Gasteiger partial charge in [0.15, 0.2) is 0 Å². The van der Waals surface area contributed by atoms with Crippen molar-refractivity contribution in [3.8, 4) is 0 Å². The molecule has 5 nitrogen and oxygen atoms in total. The summed E-state index contributed by atoms with van der Waals surface area (Å²) in [4.78, 5) is 20.7. The van der Waals surface area contributed by atoms with Crippen molar-refractivity contribution in [1.82, 2.24) is 9.88 Å². The molecule has 10 heteroatoms. The van der Waals surface area contributed by atoms with Gasteiger partial charge in [-0.25, -0.2) is 4.98 Å². The van der Waals surface area contributed by atoms with Crippen LogP contribution < -0.4 is 4.90 Å².